The van der Waals surface area contributed by atoms with Crippen molar-refractivity contribution in [3.05, 3.63) is 24.8 Å². The van der Waals surface area contributed by atoms with Crippen LogP contribution in [0.25, 0.3) is 0 Å². The molecule has 0 atom stereocenters. The number of phenols is 1. The average Bonchev–Trinajstić information content (AvgIpc) is 1.99. The molecule has 0 spiro atoms. The van der Waals surface area contributed by atoms with Crippen molar-refractivity contribution < 1.29 is 10.2 Å². The van der Waals surface area contributed by atoms with Gasteiger partial charge in [0.1, 0.15) is 5.75 Å². The zero-order valence-electron chi connectivity index (χ0n) is 5.51. The van der Waals surface area contributed by atoms with Crippen molar-refractivity contribution in [1.29, 1.82) is 0 Å². The van der Waals surface area contributed by atoms with E-state index in [1.807, 2.05) is 22.6 Å². The molecule has 11 heavy (non-hydrogen) atoms. The topological polar surface area (TPSA) is 40.5 Å². The average molecular weight is 376 g/mol. The molecule has 0 bridgehead atoms. The van der Waals surface area contributed by atoms with Crippen LogP contribution in [0.4, 0.5) is 0 Å². The Bertz CT molecular complexity index is 273. The van der Waals surface area contributed by atoms with Crippen LogP contribution in [0.1, 0.15) is 5.56 Å². The van der Waals surface area contributed by atoms with Gasteiger partial charge in [-0.3, -0.25) is 0 Å². The van der Waals surface area contributed by atoms with E-state index in [-0.39, 0.29) is 12.4 Å². The van der Waals surface area contributed by atoms with Gasteiger partial charge in [0.05, 0.1) is 10.2 Å². The third-order valence-electron chi connectivity index (χ3n) is 1.32. The summed E-state index contributed by atoms with van der Waals surface area (Å²) >= 11 is 4.14. The molecule has 0 aliphatic heterocycles. The largest absolute Gasteiger partial charge is 0.507 e. The van der Waals surface area contributed by atoms with Crippen molar-refractivity contribution in [3.8, 4) is 5.75 Å². The number of aliphatic hydroxyl groups excluding tert-OH is 1. The van der Waals surface area contributed by atoms with Gasteiger partial charge in [-0.2, -0.15) is 0 Å². The minimum Gasteiger partial charge on any atom is -0.507 e. The Morgan fingerprint density at radius 3 is 2.36 bits per heavy atom. The van der Waals surface area contributed by atoms with Crippen LogP contribution >= 0.6 is 45.2 Å². The molecule has 1 rings (SSSR count). The molecule has 0 amide bonds. The first kappa shape index (κ1) is 9.53. The monoisotopic (exact) mass is 376 g/mol. The molecular weight excluding hydrogens is 370 g/mol. The number of rotatable bonds is 1. The van der Waals surface area contributed by atoms with Crippen LogP contribution in [0.3, 0.4) is 0 Å². The van der Waals surface area contributed by atoms with Gasteiger partial charge >= 0.3 is 0 Å². The number of phenolic OH excluding ortho intramolecular Hbond substituents is 1. The van der Waals surface area contributed by atoms with Gasteiger partial charge in [0, 0.05) is 9.13 Å². The predicted molar refractivity (Wildman–Crippen MR) is 59.5 cm³/mol. The number of hydrogen-bond donors (Lipinski definition) is 2. The molecule has 2 N–H and O–H groups in total. The van der Waals surface area contributed by atoms with E-state index in [1.165, 1.54) is 0 Å². The number of benzene rings is 1. The summed E-state index contributed by atoms with van der Waals surface area (Å²) in [5.74, 6) is 0.232. The second kappa shape index (κ2) is 3.90. The molecule has 0 heterocycles. The van der Waals surface area contributed by atoms with E-state index in [0.717, 1.165) is 12.7 Å². The fourth-order valence-corrected chi connectivity index (χ4v) is 2.51. The Balaban J connectivity index is 3.29. The lowest BCUT2D eigenvalue weighted by Gasteiger charge is -2.04. The highest BCUT2D eigenvalue weighted by molar-refractivity contribution is 14.1. The molecule has 0 unspecified atom stereocenters. The lowest BCUT2D eigenvalue weighted by Crippen LogP contribution is -1.92. The summed E-state index contributed by atoms with van der Waals surface area (Å²) in [7, 11) is 0. The molecule has 0 aliphatic carbocycles. The Hall–Kier alpha value is 0.440. The first-order valence-corrected chi connectivity index (χ1v) is 5.09. The molecule has 0 aliphatic rings. The smallest absolute Gasteiger partial charge is 0.129 e. The van der Waals surface area contributed by atoms with E-state index in [4.69, 9.17) is 5.11 Å². The Labute approximate surface area is 91.9 Å². The summed E-state index contributed by atoms with van der Waals surface area (Å²) < 4.78 is 1.71. The number of aliphatic hydroxyl groups is 1. The lowest BCUT2D eigenvalue weighted by molar-refractivity contribution is 0.279. The SMILES string of the molecule is OCc1c(I)ccc(O)c1I. The Morgan fingerprint density at radius 2 is 1.91 bits per heavy atom. The van der Waals surface area contributed by atoms with Crippen LogP contribution in [0.5, 0.6) is 5.75 Å². The molecule has 0 saturated heterocycles. The lowest BCUT2D eigenvalue weighted by atomic mass is 10.2. The van der Waals surface area contributed by atoms with Gasteiger partial charge < -0.3 is 10.2 Å². The third kappa shape index (κ3) is 1.97. The molecule has 4 heteroatoms. The molecular formula is C7H6I2O2. The molecule has 2 nitrogen and oxygen atoms in total. The van der Waals surface area contributed by atoms with Crippen LogP contribution < -0.4 is 0 Å². The fourth-order valence-electron chi connectivity index (χ4n) is 0.730. The van der Waals surface area contributed by atoms with E-state index < -0.39 is 0 Å². The zero-order chi connectivity index (χ0) is 8.43. The normalized spacial score (nSPS) is 10.1. The summed E-state index contributed by atoms with van der Waals surface area (Å²) in [4.78, 5) is 0. The van der Waals surface area contributed by atoms with Crippen LogP contribution in [0.15, 0.2) is 12.1 Å². The van der Waals surface area contributed by atoms with Gasteiger partial charge in [-0.15, -0.1) is 0 Å². The van der Waals surface area contributed by atoms with Crippen LogP contribution in [0.2, 0.25) is 0 Å². The predicted octanol–water partition coefficient (Wildman–Crippen LogP) is 2.09. The summed E-state index contributed by atoms with van der Waals surface area (Å²) in [6.45, 7) is -0.0229. The molecule has 0 saturated carbocycles. The minimum absolute atomic E-state index is 0.0229. The standard InChI is InChI=1S/C7H6I2O2/c8-5-1-2-6(11)7(9)4(5)3-10/h1-2,10-11H,3H2. The van der Waals surface area contributed by atoms with Gasteiger partial charge in [0.25, 0.3) is 0 Å². The molecule has 0 fully saturated rings. The maximum absolute atomic E-state index is 9.23. The van der Waals surface area contributed by atoms with E-state index >= 15 is 0 Å². The van der Waals surface area contributed by atoms with E-state index in [1.54, 1.807) is 12.1 Å². The summed E-state index contributed by atoms with van der Waals surface area (Å²) in [5, 5.41) is 18.1. The van der Waals surface area contributed by atoms with Crippen LogP contribution in [0, 0.1) is 7.14 Å². The molecule has 1 aromatic rings. The Kier molecular flexibility index (Phi) is 3.38. The van der Waals surface area contributed by atoms with Crippen LogP contribution in [-0.4, -0.2) is 10.2 Å². The molecule has 1 aromatic carbocycles. The Morgan fingerprint density at radius 1 is 1.27 bits per heavy atom. The molecule has 60 valence electrons. The van der Waals surface area contributed by atoms with Gasteiger partial charge in [-0.1, -0.05) is 0 Å². The highest BCUT2D eigenvalue weighted by Crippen LogP contribution is 2.26. The van der Waals surface area contributed by atoms with E-state index in [2.05, 4.69) is 22.6 Å². The summed E-state index contributed by atoms with van der Waals surface area (Å²) in [6, 6.07) is 3.41. The molecule has 0 radical (unpaired) electrons. The second-order valence-corrected chi connectivity index (χ2v) is 4.26. The van der Waals surface area contributed by atoms with Crippen molar-refractivity contribution in [2.45, 2.75) is 6.61 Å². The van der Waals surface area contributed by atoms with Gasteiger partial charge in [-0.05, 0) is 57.3 Å². The highest BCUT2D eigenvalue weighted by Gasteiger charge is 2.06. The number of aromatic hydroxyl groups is 1. The quantitative estimate of drug-likeness (QED) is 0.738. The maximum atomic E-state index is 9.23. The second-order valence-electron chi connectivity index (χ2n) is 2.02. The van der Waals surface area contributed by atoms with Gasteiger partial charge in [-0.25, -0.2) is 0 Å². The number of halogens is 2. The minimum atomic E-state index is -0.0229. The van der Waals surface area contributed by atoms with E-state index in [9.17, 15) is 5.11 Å². The zero-order valence-corrected chi connectivity index (χ0v) is 9.83. The first-order chi connectivity index (χ1) is 5.16. The van der Waals surface area contributed by atoms with Crippen LogP contribution in [-0.2, 0) is 6.61 Å². The summed E-state index contributed by atoms with van der Waals surface area (Å²) in [6.07, 6.45) is 0. The van der Waals surface area contributed by atoms with Gasteiger partial charge in [0.15, 0.2) is 0 Å². The highest BCUT2D eigenvalue weighted by atomic mass is 127. The van der Waals surface area contributed by atoms with Crippen molar-refractivity contribution in [3.63, 3.8) is 0 Å². The molecule has 0 aromatic heterocycles. The van der Waals surface area contributed by atoms with Crippen molar-refractivity contribution in [2.24, 2.45) is 0 Å². The van der Waals surface area contributed by atoms with Crippen molar-refractivity contribution >= 4 is 45.2 Å². The third-order valence-corrected chi connectivity index (χ3v) is 3.54. The van der Waals surface area contributed by atoms with Gasteiger partial charge in [0.2, 0.25) is 0 Å². The van der Waals surface area contributed by atoms with E-state index in [0.29, 0.717) is 0 Å². The maximum Gasteiger partial charge on any atom is 0.129 e. The fraction of sp³-hybridized carbons (Fsp3) is 0.143. The number of hydrogen-bond acceptors (Lipinski definition) is 2. The van der Waals surface area contributed by atoms with Crippen molar-refractivity contribution in [2.75, 3.05) is 0 Å². The first-order valence-electron chi connectivity index (χ1n) is 2.93. The summed E-state index contributed by atoms with van der Waals surface area (Å²) in [5.41, 5.74) is 0.797. The van der Waals surface area contributed by atoms with Crippen molar-refractivity contribution in [1.82, 2.24) is 0 Å².